The lowest BCUT2D eigenvalue weighted by atomic mass is 9.77. The van der Waals surface area contributed by atoms with E-state index in [1.54, 1.807) is 0 Å². The second-order valence-electron chi connectivity index (χ2n) is 6.11. The van der Waals surface area contributed by atoms with Crippen LogP contribution in [0.1, 0.15) is 44.1 Å². The topological polar surface area (TPSA) is 3.24 Å². The molecule has 0 aromatic heterocycles. The number of likely N-dealkylation sites (tertiary alicyclic amines) is 1. The van der Waals surface area contributed by atoms with Crippen molar-refractivity contribution in [3.05, 3.63) is 34.3 Å². The predicted molar refractivity (Wildman–Crippen MR) is 79.6 cm³/mol. The van der Waals surface area contributed by atoms with Gasteiger partial charge in [-0.1, -0.05) is 40.9 Å². The molecule has 1 aliphatic heterocycles. The number of hydrogen-bond acceptors (Lipinski definition) is 1. The second-order valence-corrected chi connectivity index (χ2v) is 7.03. The highest BCUT2D eigenvalue weighted by atomic mass is 79.9. The van der Waals surface area contributed by atoms with Crippen molar-refractivity contribution < 1.29 is 0 Å². The summed E-state index contributed by atoms with van der Waals surface area (Å²) in [7, 11) is 0. The zero-order valence-corrected chi connectivity index (χ0v) is 12.6. The molecular weight excluding hydrogens is 286 g/mol. The summed E-state index contributed by atoms with van der Waals surface area (Å²) < 4.78 is 1.18. The molecule has 0 bridgehead atoms. The Morgan fingerprint density at radius 3 is 2.17 bits per heavy atom. The molecular formula is C16H22BrN. The Balaban J connectivity index is 1.55. The molecule has 1 saturated carbocycles. The van der Waals surface area contributed by atoms with E-state index in [0.717, 1.165) is 12.0 Å². The van der Waals surface area contributed by atoms with Crippen LogP contribution in [0.3, 0.4) is 0 Å². The van der Waals surface area contributed by atoms with Gasteiger partial charge in [0.2, 0.25) is 0 Å². The summed E-state index contributed by atoms with van der Waals surface area (Å²) in [6, 6.07) is 8.78. The van der Waals surface area contributed by atoms with Gasteiger partial charge in [0.05, 0.1) is 0 Å². The van der Waals surface area contributed by atoms with Gasteiger partial charge in [0, 0.05) is 11.0 Å². The first-order valence-electron chi connectivity index (χ1n) is 7.23. The van der Waals surface area contributed by atoms with Gasteiger partial charge in [-0.3, -0.25) is 4.90 Å². The summed E-state index contributed by atoms with van der Waals surface area (Å²) in [5, 5.41) is 0. The highest BCUT2D eigenvalue weighted by molar-refractivity contribution is 9.10. The van der Waals surface area contributed by atoms with Gasteiger partial charge in [0.15, 0.2) is 0 Å². The van der Waals surface area contributed by atoms with Crippen LogP contribution in [0.15, 0.2) is 28.7 Å². The Labute approximate surface area is 119 Å². The van der Waals surface area contributed by atoms with E-state index in [2.05, 4.69) is 45.1 Å². The first-order chi connectivity index (χ1) is 8.76. The van der Waals surface area contributed by atoms with Crippen LogP contribution in [-0.4, -0.2) is 18.0 Å². The third kappa shape index (κ3) is 2.80. The number of benzene rings is 1. The van der Waals surface area contributed by atoms with Crippen LogP contribution in [0.25, 0.3) is 0 Å². The maximum Gasteiger partial charge on any atom is 0.0233 e. The Morgan fingerprint density at radius 1 is 0.944 bits per heavy atom. The van der Waals surface area contributed by atoms with E-state index >= 15 is 0 Å². The van der Waals surface area contributed by atoms with Crippen LogP contribution in [0, 0.1) is 5.41 Å². The van der Waals surface area contributed by atoms with E-state index in [4.69, 9.17) is 0 Å². The molecule has 0 atom stereocenters. The minimum atomic E-state index is 0.746. The van der Waals surface area contributed by atoms with Crippen molar-refractivity contribution in [3.63, 3.8) is 0 Å². The maximum absolute atomic E-state index is 3.50. The van der Waals surface area contributed by atoms with Crippen LogP contribution in [0.5, 0.6) is 0 Å². The van der Waals surface area contributed by atoms with Crippen molar-refractivity contribution >= 4 is 15.9 Å². The number of nitrogens with zero attached hydrogens (tertiary/aromatic N) is 1. The van der Waals surface area contributed by atoms with E-state index in [1.165, 1.54) is 61.7 Å². The third-order valence-electron chi connectivity index (χ3n) is 4.90. The van der Waals surface area contributed by atoms with Crippen molar-refractivity contribution in [2.24, 2.45) is 5.41 Å². The second kappa shape index (κ2) is 5.34. The largest absolute Gasteiger partial charge is 0.299 e. The monoisotopic (exact) mass is 307 g/mol. The summed E-state index contributed by atoms with van der Waals surface area (Å²) >= 11 is 3.50. The van der Waals surface area contributed by atoms with Crippen molar-refractivity contribution in [3.8, 4) is 0 Å². The van der Waals surface area contributed by atoms with Gasteiger partial charge in [-0.05, 0) is 61.9 Å². The van der Waals surface area contributed by atoms with E-state index in [9.17, 15) is 0 Å². The zero-order valence-electron chi connectivity index (χ0n) is 11.0. The molecule has 2 aliphatic rings. The average molecular weight is 308 g/mol. The summed E-state index contributed by atoms with van der Waals surface area (Å²) in [6.07, 6.45) is 8.82. The standard InChI is InChI=1S/C16H22BrN/c17-15-5-3-14(4-6-15)13-18-11-9-16(10-12-18)7-1-2-8-16/h3-6H,1-2,7-13H2. The minimum Gasteiger partial charge on any atom is -0.299 e. The fraction of sp³-hybridized carbons (Fsp3) is 0.625. The molecule has 2 fully saturated rings. The summed E-state index contributed by atoms with van der Waals surface area (Å²) in [6.45, 7) is 3.73. The zero-order chi connectivity index (χ0) is 12.4. The van der Waals surface area contributed by atoms with Crippen molar-refractivity contribution in [1.82, 2.24) is 4.90 Å². The molecule has 1 nitrogen and oxygen atoms in total. The van der Waals surface area contributed by atoms with Gasteiger partial charge in [-0.15, -0.1) is 0 Å². The highest BCUT2D eigenvalue weighted by Gasteiger charge is 2.36. The molecule has 1 heterocycles. The molecule has 0 unspecified atom stereocenters. The first kappa shape index (κ1) is 12.7. The molecule has 1 saturated heterocycles. The molecule has 1 aromatic rings. The molecule has 0 N–H and O–H groups in total. The smallest absolute Gasteiger partial charge is 0.0233 e. The lowest BCUT2D eigenvalue weighted by Crippen LogP contribution is -2.38. The van der Waals surface area contributed by atoms with Gasteiger partial charge in [-0.25, -0.2) is 0 Å². The third-order valence-corrected chi connectivity index (χ3v) is 5.43. The Kier molecular flexibility index (Phi) is 3.76. The molecule has 18 heavy (non-hydrogen) atoms. The molecule has 3 rings (SSSR count). The van der Waals surface area contributed by atoms with Crippen molar-refractivity contribution in [2.45, 2.75) is 45.1 Å². The van der Waals surface area contributed by atoms with E-state index in [1.807, 2.05) is 0 Å². The van der Waals surface area contributed by atoms with Gasteiger partial charge in [0.25, 0.3) is 0 Å². The maximum atomic E-state index is 3.50. The van der Waals surface area contributed by atoms with Crippen LogP contribution in [0.4, 0.5) is 0 Å². The van der Waals surface area contributed by atoms with Crippen LogP contribution in [0.2, 0.25) is 0 Å². The predicted octanol–water partition coefficient (Wildman–Crippen LogP) is 4.61. The number of rotatable bonds is 2. The lowest BCUT2D eigenvalue weighted by molar-refractivity contribution is 0.103. The van der Waals surface area contributed by atoms with Gasteiger partial charge in [0.1, 0.15) is 0 Å². The summed E-state index contributed by atoms with van der Waals surface area (Å²) in [5.74, 6) is 0. The summed E-state index contributed by atoms with van der Waals surface area (Å²) in [5.41, 5.74) is 2.19. The van der Waals surface area contributed by atoms with Gasteiger partial charge >= 0.3 is 0 Å². The number of hydrogen-bond donors (Lipinski definition) is 0. The van der Waals surface area contributed by atoms with Crippen LogP contribution >= 0.6 is 15.9 Å². The molecule has 98 valence electrons. The molecule has 0 radical (unpaired) electrons. The fourth-order valence-electron chi connectivity index (χ4n) is 3.66. The van der Waals surface area contributed by atoms with Crippen molar-refractivity contribution in [1.29, 1.82) is 0 Å². The molecule has 0 amide bonds. The van der Waals surface area contributed by atoms with Gasteiger partial charge in [-0.2, -0.15) is 0 Å². The Bertz CT molecular complexity index is 382. The number of piperidine rings is 1. The molecule has 2 heteroatoms. The van der Waals surface area contributed by atoms with E-state index in [-0.39, 0.29) is 0 Å². The first-order valence-corrected chi connectivity index (χ1v) is 8.02. The van der Waals surface area contributed by atoms with Crippen LogP contribution < -0.4 is 0 Å². The van der Waals surface area contributed by atoms with E-state index in [0.29, 0.717) is 0 Å². The van der Waals surface area contributed by atoms with Crippen LogP contribution in [-0.2, 0) is 6.54 Å². The highest BCUT2D eigenvalue weighted by Crippen LogP contribution is 2.46. The normalized spacial score (nSPS) is 23.6. The number of halogens is 1. The van der Waals surface area contributed by atoms with Crippen molar-refractivity contribution in [2.75, 3.05) is 13.1 Å². The average Bonchev–Trinajstić information content (AvgIpc) is 2.84. The molecule has 1 aromatic carbocycles. The fourth-order valence-corrected chi connectivity index (χ4v) is 3.92. The molecule has 1 spiro atoms. The Morgan fingerprint density at radius 2 is 1.56 bits per heavy atom. The minimum absolute atomic E-state index is 0.746. The summed E-state index contributed by atoms with van der Waals surface area (Å²) in [4.78, 5) is 2.63. The Hall–Kier alpha value is -0.340. The van der Waals surface area contributed by atoms with Gasteiger partial charge < -0.3 is 0 Å². The molecule has 1 aliphatic carbocycles. The lowest BCUT2D eigenvalue weighted by Gasteiger charge is -2.39. The quantitative estimate of drug-likeness (QED) is 0.771. The SMILES string of the molecule is Brc1ccc(CN2CCC3(CCCC3)CC2)cc1. The van der Waals surface area contributed by atoms with E-state index < -0.39 is 0 Å².